The fourth-order valence-corrected chi connectivity index (χ4v) is 1.13. The molecule has 0 saturated carbocycles. The molecule has 0 spiro atoms. The number of aromatic amines is 1. The molecule has 0 radical (unpaired) electrons. The van der Waals surface area contributed by atoms with E-state index < -0.39 is 29.0 Å². The minimum absolute atomic E-state index is 0.0723. The summed E-state index contributed by atoms with van der Waals surface area (Å²) in [4.78, 5) is 24.2. The Morgan fingerprint density at radius 1 is 1.60 bits per heavy atom. The molecule has 7 heteroatoms. The number of H-pyrrole nitrogens is 1. The summed E-state index contributed by atoms with van der Waals surface area (Å²) >= 11 is 0. The molecular formula is C8H8F2N2O3. The molecule has 0 fully saturated rings. The van der Waals surface area contributed by atoms with Crippen molar-refractivity contribution in [2.75, 3.05) is 0 Å². The van der Waals surface area contributed by atoms with E-state index >= 15 is 0 Å². The Balaban J connectivity index is 3.50. The zero-order chi connectivity index (χ0) is 11.6. The molecule has 0 atom stereocenters. The summed E-state index contributed by atoms with van der Waals surface area (Å²) in [6, 6.07) is 0. The van der Waals surface area contributed by atoms with Crippen LogP contribution < -0.4 is 11.2 Å². The highest BCUT2D eigenvalue weighted by Crippen LogP contribution is 2.15. The molecule has 15 heavy (non-hydrogen) atoms. The number of aromatic nitrogens is 1. The van der Waals surface area contributed by atoms with Crippen molar-refractivity contribution in [3.8, 4) is 0 Å². The zero-order valence-electron chi connectivity index (χ0n) is 7.46. The summed E-state index contributed by atoms with van der Waals surface area (Å²) in [7, 11) is 0. The van der Waals surface area contributed by atoms with E-state index in [1.165, 1.54) is 0 Å². The average molecular weight is 218 g/mol. The Morgan fingerprint density at radius 2 is 2.20 bits per heavy atom. The van der Waals surface area contributed by atoms with Gasteiger partial charge in [0.1, 0.15) is 5.56 Å². The summed E-state index contributed by atoms with van der Waals surface area (Å²) < 4.78 is 24.5. The molecule has 4 N–H and O–H groups in total. The molecule has 1 heterocycles. The van der Waals surface area contributed by atoms with E-state index in [0.29, 0.717) is 0 Å². The normalized spacial score (nSPS) is 10.7. The minimum atomic E-state index is -3.02. The van der Waals surface area contributed by atoms with Gasteiger partial charge in [-0.15, -0.1) is 0 Å². The van der Waals surface area contributed by atoms with Crippen LogP contribution >= 0.6 is 0 Å². The van der Waals surface area contributed by atoms with Crippen LogP contribution in [0, 0.1) is 0 Å². The van der Waals surface area contributed by atoms with E-state index in [0.717, 1.165) is 6.20 Å². The molecule has 82 valence electrons. The Labute approximate surface area is 82.5 Å². The number of nitrogens with one attached hydrogen (secondary N) is 1. The smallest absolute Gasteiger partial charge is 0.341 e. The predicted octanol–water partition coefficient (Wildman–Crippen LogP) is 0.469. The Bertz CT molecular complexity index is 442. The predicted molar refractivity (Wildman–Crippen MR) is 46.9 cm³/mol. The monoisotopic (exact) mass is 218 g/mol. The molecule has 0 saturated heterocycles. The highest BCUT2D eigenvalue weighted by molar-refractivity contribution is 5.88. The summed E-state index contributed by atoms with van der Waals surface area (Å²) in [5, 5.41) is 8.66. The first kappa shape index (κ1) is 11.3. The molecule has 0 aliphatic rings. The largest absolute Gasteiger partial charge is 0.477 e. The molecule has 1 rings (SSSR count). The fourth-order valence-electron chi connectivity index (χ4n) is 1.13. The van der Waals surface area contributed by atoms with Crippen LogP contribution in [0.4, 0.5) is 8.78 Å². The van der Waals surface area contributed by atoms with Gasteiger partial charge in [-0.2, -0.15) is 0 Å². The first-order valence-electron chi connectivity index (χ1n) is 3.95. The van der Waals surface area contributed by atoms with Crippen LogP contribution in [-0.4, -0.2) is 16.1 Å². The van der Waals surface area contributed by atoms with Crippen LogP contribution in [0.25, 0.3) is 0 Å². The van der Waals surface area contributed by atoms with Crippen molar-refractivity contribution in [1.82, 2.24) is 4.98 Å². The lowest BCUT2D eigenvalue weighted by molar-refractivity contribution is 0.0693. The van der Waals surface area contributed by atoms with Crippen LogP contribution in [0.1, 0.15) is 28.0 Å². The standard InChI is InChI=1S/C8H8F2N2O3/c9-7(10)3-2-12-4(1-11)5(6(3)13)8(14)15/h2,7H,1,11H2,(H,12,13)(H,14,15). The minimum Gasteiger partial charge on any atom is -0.477 e. The van der Waals surface area contributed by atoms with Gasteiger partial charge in [0, 0.05) is 18.4 Å². The third kappa shape index (κ3) is 2.01. The van der Waals surface area contributed by atoms with E-state index in [-0.39, 0.29) is 12.2 Å². The van der Waals surface area contributed by atoms with Gasteiger partial charge < -0.3 is 15.8 Å². The van der Waals surface area contributed by atoms with Crippen molar-refractivity contribution < 1.29 is 18.7 Å². The van der Waals surface area contributed by atoms with Gasteiger partial charge in [0.2, 0.25) is 5.43 Å². The number of pyridine rings is 1. The fraction of sp³-hybridized carbons (Fsp3) is 0.250. The van der Waals surface area contributed by atoms with Gasteiger partial charge in [0.25, 0.3) is 6.43 Å². The van der Waals surface area contributed by atoms with Gasteiger partial charge in [0.15, 0.2) is 0 Å². The number of hydrogen-bond donors (Lipinski definition) is 3. The summed E-state index contributed by atoms with van der Waals surface area (Å²) in [5.74, 6) is -1.57. The zero-order valence-corrected chi connectivity index (χ0v) is 7.46. The van der Waals surface area contributed by atoms with Crippen molar-refractivity contribution in [1.29, 1.82) is 0 Å². The van der Waals surface area contributed by atoms with E-state index in [9.17, 15) is 18.4 Å². The lowest BCUT2D eigenvalue weighted by atomic mass is 10.1. The lowest BCUT2D eigenvalue weighted by Crippen LogP contribution is -2.24. The molecule has 1 aromatic heterocycles. The topological polar surface area (TPSA) is 96.2 Å². The van der Waals surface area contributed by atoms with Crippen molar-refractivity contribution in [2.24, 2.45) is 5.73 Å². The number of hydrogen-bond acceptors (Lipinski definition) is 3. The molecular weight excluding hydrogens is 210 g/mol. The number of rotatable bonds is 3. The van der Waals surface area contributed by atoms with Crippen molar-refractivity contribution in [3.63, 3.8) is 0 Å². The quantitative estimate of drug-likeness (QED) is 0.687. The molecule has 0 aromatic carbocycles. The maximum atomic E-state index is 12.3. The molecule has 0 amide bonds. The van der Waals surface area contributed by atoms with E-state index in [1.807, 2.05) is 0 Å². The second-order valence-electron chi connectivity index (χ2n) is 2.74. The molecule has 0 unspecified atom stereocenters. The first-order valence-corrected chi connectivity index (χ1v) is 3.95. The number of alkyl halides is 2. The highest BCUT2D eigenvalue weighted by Gasteiger charge is 2.21. The molecule has 5 nitrogen and oxygen atoms in total. The highest BCUT2D eigenvalue weighted by atomic mass is 19.3. The summed E-state index contributed by atoms with van der Waals surface area (Å²) in [5.41, 5.74) is 2.30. The van der Waals surface area contributed by atoms with Gasteiger partial charge in [-0.1, -0.05) is 0 Å². The first-order chi connectivity index (χ1) is 6.99. The van der Waals surface area contributed by atoms with Crippen molar-refractivity contribution >= 4 is 5.97 Å². The van der Waals surface area contributed by atoms with Gasteiger partial charge in [0.05, 0.1) is 5.56 Å². The van der Waals surface area contributed by atoms with Gasteiger partial charge in [-0.25, -0.2) is 13.6 Å². The molecule has 0 aliphatic carbocycles. The van der Waals surface area contributed by atoms with Gasteiger partial charge in [-0.3, -0.25) is 4.79 Å². The Hall–Kier alpha value is -1.76. The SMILES string of the molecule is NCc1[nH]cc(C(F)F)c(=O)c1C(=O)O. The van der Waals surface area contributed by atoms with Crippen molar-refractivity contribution in [3.05, 3.63) is 33.2 Å². The third-order valence-corrected chi connectivity index (χ3v) is 1.85. The maximum absolute atomic E-state index is 12.3. The molecule has 1 aromatic rings. The Kier molecular flexibility index (Phi) is 3.15. The third-order valence-electron chi connectivity index (χ3n) is 1.85. The van der Waals surface area contributed by atoms with E-state index in [1.54, 1.807) is 0 Å². The number of halogens is 2. The number of carboxylic acids is 1. The van der Waals surface area contributed by atoms with E-state index in [4.69, 9.17) is 10.8 Å². The number of nitrogens with two attached hydrogens (primary N) is 1. The molecule has 0 aliphatic heterocycles. The van der Waals surface area contributed by atoms with Crippen LogP contribution in [0.2, 0.25) is 0 Å². The molecule has 0 bridgehead atoms. The van der Waals surface area contributed by atoms with Crippen molar-refractivity contribution in [2.45, 2.75) is 13.0 Å². The van der Waals surface area contributed by atoms with E-state index in [2.05, 4.69) is 4.98 Å². The Morgan fingerprint density at radius 3 is 2.60 bits per heavy atom. The van der Waals surface area contributed by atoms with Gasteiger partial charge in [-0.05, 0) is 0 Å². The van der Waals surface area contributed by atoms with Crippen LogP contribution in [0.15, 0.2) is 11.0 Å². The van der Waals surface area contributed by atoms with Crippen LogP contribution in [-0.2, 0) is 6.54 Å². The number of carboxylic acid groups (broad SMARTS) is 1. The second-order valence-corrected chi connectivity index (χ2v) is 2.74. The number of aromatic carboxylic acids is 1. The second kappa shape index (κ2) is 4.18. The van der Waals surface area contributed by atoms with Crippen LogP contribution in [0.5, 0.6) is 0 Å². The number of carbonyl (C=O) groups is 1. The maximum Gasteiger partial charge on any atom is 0.341 e. The summed E-state index contributed by atoms with van der Waals surface area (Å²) in [6.45, 7) is -0.236. The van der Waals surface area contributed by atoms with Crippen LogP contribution in [0.3, 0.4) is 0 Å². The average Bonchev–Trinajstić information content (AvgIpc) is 2.15. The summed E-state index contributed by atoms with van der Waals surface area (Å²) in [6.07, 6.45) is -2.24. The van der Waals surface area contributed by atoms with Gasteiger partial charge >= 0.3 is 5.97 Å². The lowest BCUT2D eigenvalue weighted by Gasteiger charge is -2.05.